The van der Waals surface area contributed by atoms with Crippen molar-refractivity contribution < 1.29 is 10.2 Å². The highest BCUT2D eigenvalue weighted by atomic mass is 32.1. The van der Waals surface area contributed by atoms with Crippen LogP contribution >= 0.6 is 11.3 Å². The summed E-state index contributed by atoms with van der Waals surface area (Å²) in [4.78, 5) is 2.44. The third-order valence-corrected chi connectivity index (χ3v) is 9.32. The number of benzene rings is 5. The molecule has 0 bridgehead atoms. The highest BCUT2D eigenvalue weighted by Crippen LogP contribution is 2.51. The largest absolute Gasteiger partial charge is 0.508 e. The molecule has 40 heavy (non-hydrogen) atoms. The van der Waals surface area contributed by atoms with E-state index in [1.54, 1.807) is 35.6 Å². The van der Waals surface area contributed by atoms with Gasteiger partial charge in [0.05, 0.1) is 0 Å². The molecule has 0 unspecified atom stereocenters. The number of fused-ring (bicyclic) bond motifs is 3. The molecule has 0 fully saturated rings. The fourth-order valence-electron chi connectivity index (χ4n) is 5.85. The Kier molecular flexibility index (Phi) is 5.65. The molecular formula is C37H28O2S. The maximum absolute atomic E-state index is 9.64. The Morgan fingerprint density at radius 2 is 0.800 bits per heavy atom. The summed E-state index contributed by atoms with van der Waals surface area (Å²) in [6.07, 6.45) is 0. The van der Waals surface area contributed by atoms with Crippen molar-refractivity contribution in [2.45, 2.75) is 19.3 Å². The monoisotopic (exact) mass is 536 g/mol. The van der Waals surface area contributed by atoms with Gasteiger partial charge in [-0.05, 0) is 116 Å². The maximum Gasteiger partial charge on any atom is 0.115 e. The molecule has 5 aromatic carbocycles. The van der Waals surface area contributed by atoms with Crippen molar-refractivity contribution in [2.75, 3.05) is 0 Å². The second-order valence-electron chi connectivity index (χ2n) is 11.0. The Morgan fingerprint density at radius 3 is 1.35 bits per heavy atom. The lowest BCUT2D eigenvalue weighted by atomic mass is 9.81. The van der Waals surface area contributed by atoms with Crippen LogP contribution in [0.4, 0.5) is 0 Å². The molecule has 0 aliphatic heterocycles. The van der Waals surface area contributed by atoms with E-state index in [0.29, 0.717) is 0 Å². The van der Waals surface area contributed by atoms with Gasteiger partial charge in [-0.2, -0.15) is 0 Å². The summed E-state index contributed by atoms with van der Waals surface area (Å²) in [6, 6.07) is 41.5. The SMILES string of the molecule is CC1(C)c2cc(-c3ccc(-c4ccc(O)cc4)cc3)ccc2-c2ccc(-c3ccc(-c4ccc(O)cc4)s3)cc21. The molecule has 0 saturated carbocycles. The van der Waals surface area contributed by atoms with Gasteiger partial charge in [0.2, 0.25) is 0 Å². The molecule has 1 aromatic heterocycles. The zero-order chi connectivity index (χ0) is 27.4. The third kappa shape index (κ3) is 4.11. The Balaban J connectivity index is 1.20. The van der Waals surface area contributed by atoms with Crippen LogP contribution in [0.2, 0.25) is 0 Å². The zero-order valence-corrected chi connectivity index (χ0v) is 23.2. The first-order chi connectivity index (χ1) is 19.4. The molecule has 0 saturated heterocycles. The molecule has 0 spiro atoms. The van der Waals surface area contributed by atoms with Crippen LogP contribution < -0.4 is 0 Å². The van der Waals surface area contributed by atoms with E-state index in [4.69, 9.17) is 0 Å². The topological polar surface area (TPSA) is 40.5 Å². The standard InChI is InChI=1S/C37H28O2S/c1-37(2)33-21-27(25-5-3-23(4-6-25)24-7-13-29(38)14-8-24)11-17-31(33)32-18-12-28(22-34(32)37)36-20-19-35(40-36)26-9-15-30(39)16-10-26/h3-22,38-39H,1-2H3. The van der Waals surface area contributed by atoms with Crippen molar-refractivity contribution in [3.63, 3.8) is 0 Å². The molecule has 0 radical (unpaired) electrons. The van der Waals surface area contributed by atoms with Gasteiger partial charge in [0.1, 0.15) is 11.5 Å². The summed E-state index contributed by atoms with van der Waals surface area (Å²) >= 11 is 1.78. The van der Waals surface area contributed by atoms with E-state index in [2.05, 4.69) is 86.6 Å². The van der Waals surface area contributed by atoms with Gasteiger partial charge in [-0.25, -0.2) is 0 Å². The first kappa shape index (κ1) is 24.4. The fraction of sp³-hybridized carbons (Fsp3) is 0.0811. The molecule has 1 aliphatic rings. The van der Waals surface area contributed by atoms with Crippen molar-refractivity contribution in [1.82, 2.24) is 0 Å². The molecule has 194 valence electrons. The average molecular weight is 537 g/mol. The molecule has 0 amide bonds. The molecule has 7 rings (SSSR count). The van der Waals surface area contributed by atoms with Gasteiger partial charge in [-0.1, -0.05) is 74.5 Å². The first-order valence-corrected chi connectivity index (χ1v) is 14.3. The van der Waals surface area contributed by atoms with E-state index in [1.807, 2.05) is 24.3 Å². The van der Waals surface area contributed by atoms with Crippen molar-refractivity contribution in [1.29, 1.82) is 0 Å². The number of thiophene rings is 1. The van der Waals surface area contributed by atoms with Gasteiger partial charge in [0.25, 0.3) is 0 Å². The lowest BCUT2D eigenvalue weighted by Crippen LogP contribution is -2.15. The average Bonchev–Trinajstić information content (AvgIpc) is 3.55. The number of phenols is 2. The second kappa shape index (κ2) is 9.25. The smallest absolute Gasteiger partial charge is 0.115 e. The predicted octanol–water partition coefficient (Wildman–Crippen LogP) is 10.1. The molecule has 2 N–H and O–H groups in total. The van der Waals surface area contributed by atoms with Gasteiger partial charge >= 0.3 is 0 Å². The van der Waals surface area contributed by atoms with Crippen LogP contribution in [0.1, 0.15) is 25.0 Å². The van der Waals surface area contributed by atoms with Gasteiger partial charge in [-0.15, -0.1) is 11.3 Å². The zero-order valence-electron chi connectivity index (χ0n) is 22.3. The van der Waals surface area contributed by atoms with Gasteiger partial charge in [0.15, 0.2) is 0 Å². The molecule has 1 aliphatic carbocycles. The van der Waals surface area contributed by atoms with Crippen molar-refractivity contribution in [2.24, 2.45) is 0 Å². The van der Waals surface area contributed by atoms with Crippen LogP contribution in [0.25, 0.3) is 54.3 Å². The Morgan fingerprint density at radius 1 is 0.425 bits per heavy atom. The van der Waals surface area contributed by atoms with E-state index in [0.717, 1.165) is 16.7 Å². The van der Waals surface area contributed by atoms with Crippen LogP contribution in [-0.2, 0) is 5.41 Å². The van der Waals surface area contributed by atoms with Crippen molar-refractivity contribution in [3.8, 4) is 65.8 Å². The Bertz CT molecular complexity index is 1860. The highest BCUT2D eigenvalue weighted by molar-refractivity contribution is 7.18. The van der Waals surface area contributed by atoms with E-state index in [1.165, 1.54) is 48.7 Å². The van der Waals surface area contributed by atoms with Gasteiger partial charge in [0, 0.05) is 15.2 Å². The minimum atomic E-state index is -0.111. The molecule has 3 heteroatoms. The summed E-state index contributed by atoms with van der Waals surface area (Å²) in [5.41, 5.74) is 12.2. The van der Waals surface area contributed by atoms with E-state index >= 15 is 0 Å². The lowest BCUT2D eigenvalue weighted by molar-refractivity contribution is 0.475. The molecule has 0 atom stereocenters. The molecule has 6 aromatic rings. The van der Waals surface area contributed by atoms with Gasteiger partial charge in [-0.3, -0.25) is 0 Å². The van der Waals surface area contributed by atoms with E-state index in [-0.39, 0.29) is 16.9 Å². The maximum atomic E-state index is 9.64. The highest BCUT2D eigenvalue weighted by Gasteiger charge is 2.36. The summed E-state index contributed by atoms with van der Waals surface area (Å²) in [7, 11) is 0. The second-order valence-corrected chi connectivity index (χ2v) is 12.1. The number of aromatic hydroxyl groups is 2. The first-order valence-electron chi connectivity index (χ1n) is 13.5. The van der Waals surface area contributed by atoms with Crippen LogP contribution in [0.15, 0.2) is 121 Å². The molecule has 2 nitrogen and oxygen atoms in total. The minimum Gasteiger partial charge on any atom is -0.508 e. The van der Waals surface area contributed by atoms with Crippen LogP contribution in [0, 0.1) is 0 Å². The number of hydrogen-bond donors (Lipinski definition) is 2. The molecule has 1 heterocycles. The van der Waals surface area contributed by atoms with Gasteiger partial charge < -0.3 is 10.2 Å². The summed E-state index contributed by atoms with van der Waals surface area (Å²) in [6.45, 7) is 4.66. The fourth-order valence-corrected chi connectivity index (χ4v) is 6.86. The normalized spacial score (nSPS) is 13.2. The lowest BCUT2D eigenvalue weighted by Gasteiger charge is -2.22. The summed E-state index contributed by atoms with van der Waals surface area (Å²) < 4.78 is 0. The minimum absolute atomic E-state index is 0.111. The number of rotatable bonds is 4. The Hall–Kier alpha value is -4.60. The van der Waals surface area contributed by atoms with E-state index < -0.39 is 0 Å². The number of hydrogen-bond acceptors (Lipinski definition) is 3. The predicted molar refractivity (Wildman–Crippen MR) is 167 cm³/mol. The summed E-state index contributed by atoms with van der Waals surface area (Å²) in [5.74, 6) is 0.568. The van der Waals surface area contributed by atoms with Crippen LogP contribution in [0.3, 0.4) is 0 Å². The number of phenolic OH excluding ortho intramolecular Hbond substituents is 2. The van der Waals surface area contributed by atoms with Crippen molar-refractivity contribution >= 4 is 11.3 Å². The summed E-state index contributed by atoms with van der Waals surface area (Å²) in [5, 5.41) is 19.2. The molecular weight excluding hydrogens is 508 g/mol. The van der Waals surface area contributed by atoms with Crippen LogP contribution in [-0.4, -0.2) is 10.2 Å². The van der Waals surface area contributed by atoms with Crippen LogP contribution in [0.5, 0.6) is 11.5 Å². The third-order valence-electron chi connectivity index (χ3n) is 8.14. The van der Waals surface area contributed by atoms with E-state index in [9.17, 15) is 10.2 Å². The Labute approximate surface area is 238 Å². The quantitative estimate of drug-likeness (QED) is 0.235. The van der Waals surface area contributed by atoms with Crippen molar-refractivity contribution in [3.05, 3.63) is 132 Å².